The van der Waals surface area contributed by atoms with Crippen LogP contribution >= 0.6 is 0 Å². The van der Waals surface area contributed by atoms with Gasteiger partial charge in [-0.05, 0) is 5.56 Å². The maximum absolute atomic E-state index is 10.9. The van der Waals surface area contributed by atoms with Crippen LogP contribution in [-0.2, 0) is 30.3 Å². The molecule has 6 heteroatoms. The number of hydrogen-bond acceptors (Lipinski definition) is 6. The molecule has 0 radical (unpaired) electrons. The highest BCUT2D eigenvalue weighted by Gasteiger charge is 2.50. The SMILES string of the molecule is CO[C@H]1OC2COC(c3ccccc3)O[C@H]2C(O)C1OCc1ccccc1. The Morgan fingerprint density at radius 2 is 1.70 bits per heavy atom. The normalized spacial score (nSPS) is 33.4. The van der Waals surface area contributed by atoms with Crippen molar-refractivity contribution in [3.8, 4) is 0 Å². The van der Waals surface area contributed by atoms with Crippen LogP contribution in [0.4, 0.5) is 0 Å². The molecule has 0 aliphatic carbocycles. The number of methoxy groups -OCH3 is 1. The molecule has 0 saturated carbocycles. The predicted molar refractivity (Wildman–Crippen MR) is 96.7 cm³/mol. The van der Waals surface area contributed by atoms with Gasteiger partial charge in [0.15, 0.2) is 12.6 Å². The molecule has 6 atom stereocenters. The molecule has 2 aliphatic rings. The van der Waals surface area contributed by atoms with Gasteiger partial charge in [0, 0.05) is 12.7 Å². The molecule has 0 aromatic heterocycles. The summed E-state index contributed by atoms with van der Waals surface area (Å²) < 4.78 is 29.1. The van der Waals surface area contributed by atoms with Crippen molar-refractivity contribution in [2.75, 3.05) is 13.7 Å². The summed E-state index contributed by atoms with van der Waals surface area (Å²) in [4.78, 5) is 0. The maximum atomic E-state index is 10.9. The molecule has 0 amide bonds. The largest absolute Gasteiger partial charge is 0.387 e. The molecule has 1 N–H and O–H groups in total. The fraction of sp³-hybridized carbons (Fsp3) is 0.429. The molecular weight excluding hydrogens is 348 g/mol. The molecule has 4 unspecified atom stereocenters. The molecule has 144 valence electrons. The minimum Gasteiger partial charge on any atom is -0.387 e. The summed E-state index contributed by atoms with van der Waals surface area (Å²) in [5, 5.41) is 10.9. The second-order valence-electron chi connectivity index (χ2n) is 6.71. The van der Waals surface area contributed by atoms with Crippen LogP contribution in [0.5, 0.6) is 0 Å². The van der Waals surface area contributed by atoms with Crippen LogP contribution in [0.1, 0.15) is 17.4 Å². The summed E-state index contributed by atoms with van der Waals surface area (Å²) in [5.41, 5.74) is 1.91. The van der Waals surface area contributed by atoms with Gasteiger partial charge in [0.05, 0.1) is 13.2 Å². The molecule has 2 saturated heterocycles. The first-order valence-corrected chi connectivity index (χ1v) is 9.10. The quantitative estimate of drug-likeness (QED) is 0.870. The molecule has 2 aromatic rings. The zero-order chi connectivity index (χ0) is 18.6. The summed E-state index contributed by atoms with van der Waals surface area (Å²) in [6.45, 7) is 0.661. The van der Waals surface area contributed by atoms with Crippen molar-refractivity contribution >= 4 is 0 Å². The lowest BCUT2D eigenvalue weighted by molar-refractivity contribution is -0.363. The first-order valence-electron chi connectivity index (χ1n) is 9.10. The van der Waals surface area contributed by atoms with E-state index in [0.717, 1.165) is 11.1 Å². The summed E-state index contributed by atoms with van der Waals surface area (Å²) in [6.07, 6.45) is -3.76. The van der Waals surface area contributed by atoms with Crippen LogP contribution in [0, 0.1) is 0 Å². The van der Waals surface area contributed by atoms with Gasteiger partial charge in [0.2, 0.25) is 0 Å². The Labute approximate surface area is 158 Å². The van der Waals surface area contributed by atoms with Crippen molar-refractivity contribution in [2.24, 2.45) is 0 Å². The van der Waals surface area contributed by atoms with E-state index in [1.807, 2.05) is 60.7 Å². The van der Waals surface area contributed by atoms with Gasteiger partial charge in [-0.25, -0.2) is 0 Å². The number of aliphatic hydroxyl groups excluding tert-OH is 1. The number of hydrogen-bond donors (Lipinski definition) is 1. The Hall–Kier alpha value is -1.80. The van der Waals surface area contributed by atoms with E-state index in [1.165, 1.54) is 7.11 Å². The smallest absolute Gasteiger partial charge is 0.186 e. The van der Waals surface area contributed by atoms with Gasteiger partial charge in [0.25, 0.3) is 0 Å². The Morgan fingerprint density at radius 3 is 2.41 bits per heavy atom. The summed E-state index contributed by atoms with van der Waals surface area (Å²) in [5.74, 6) is 0. The standard InChI is InChI=1S/C21H24O6/c1-23-21-19(24-12-14-8-4-2-5-9-14)17(22)18-16(26-21)13-25-20(27-18)15-10-6-3-7-11-15/h2-11,16-22H,12-13H2,1H3/t16?,17?,18-,19?,20?,21+/m1/s1. The van der Waals surface area contributed by atoms with Gasteiger partial charge in [-0.15, -0.1) is 0 Å². The highest BCUT2D eigenvalue weighted by molar-refractivity contribution is 5.17. The highest BCUT2D eigenvalue weighted by Crippen LogP contribution is 2.35. The van der Waals surface area contributed by atoms with Gasteiger partial charge in [-0.2, -0.15) is 0 Å². The van der Waals surface area contributed by atoms with Gasteiger partial charge < -0.3 is 28.8 Å². The molecule has 2 aliphatic heterocycles. The number of ether oxygens (including phenoxy) is 5. The van der Waals surface area contributed by atoms with Gasteiger partial charge in [-0.1, -0.05) is 60.7 Å². The zero-order valence-corrected chi connectivity index (χ0v) is 15.1. The van der Waals surface area contributed by atoms with Crippen LogP contribution < -0.4 is 0 Å². The summed E-state index contributed by atoms with van der Waals surface area (Å²) in [7, 11) is 1.54. The van der Waals surface area contributed by atoms with E-state index in [2.05, 4.69) is 0 Å². The van der Waals surface area contributed by atoms with Crippen molar-refractivity contribution in [3.05, 3.63) is 71.8 Å². The average molecular weight is 372 g/mol. The Bertz CT molecular complexity index is 703. The molecule has 2 fully saturated rings. The monoisotopic (exact) mass is 372 g/mol. The number of rotatable bonds is 5. The lowest BCUT2D eigenvalue weighted by atomic mass is 9.97. The third-order valence-electron chi connectivity index (χ3n) is 4.90. The minimum atomic E-state index is -0.896. The van der Waals surface area contributed by atoms with Crippen LogP contribution in [0.15, 0.2) is 60.7 Å². The first-order chi connectivity index (χ1) is 13.3. The van der Waals surface area contributed by atoms with Gasteiger partial charge >= 0.3 is 0 Å². The van der Waals surface area contributed by atoms with Crippen molar-refractivity contribution in [1.29, 1.82) is 0 Å². The molecule has 2 aromatic carbocycles. The summed E-state index contributed by atoms with van der Waals surface area (Å²) in [6, 6.07) is 19.4. The third-order valence-corrected chi connectivity index (χ3v) is 4.90. The van der Waals surface area contributed by atoms with Crippen molar-refractivity contribution in [2.45, 2.75) is 43.6 Å². The Balaban J connectivity index is 1.46. The second kappa shape index (κ2) is 8.48. The van der Waals surface area contributed by atoms with E-state index >= 15 is 0 Å². The number of fused-ring (bicyclic) bond motifs is 1. The fourth-order valence-corrected chi connectivity index (χ4v) is 3.48. The van der Waals surface area contributed by atoms with Gasteiger partial charge in [-0.3, -0.25) is 0 Å². The third kappa shape index (κ3) is 4.06. The molecule has 0 bridgehead atoms. The van der Waals surface area contributed by atoms with Crippen LogP contribution in [0.25, 0.3) is 0 Å². The molecule has 27 heavy (non-hydrogen) atoms. The molecule has 2 heterocycles. The van der Waals surface area contributed by atoms with Gasteiger partial charge in [0.1, 0.15) is 24.4 Å². The average Bonchev–Trinajstić information content (AvgIpc) is 2.74. The topological polar surface area (TPSA) is 66.4 Å². The van der Waals surface area contributed by atoms with E-state index in [1.54, 1.807) is 0 Å². The van der Waals surface area contributed by atoms with Crippen LogP contribution in [0.2, 0.25) is 0 Å². The molecule has 6 nitrogen and oxygen atoms in total. The fourth-order valence-electron chi connectivity index (χ4n) is 3.48. The molecule has 0 spiro atoms. The number of benzene rings is 2. The van der Waals surface area contributed by atoms with Crippen molar-refractivity contribution < 1.29 is 28.8 Å². The molecule has 4 rings (SSSR count). The number of aliphatic hydroxyl groups is 1. The van der Waals surface area contributed by atoms with E-state index in [0.29, 0.717) is 13.2 Å². The van der Waals surface area contributed by atoms with E-state index in [9.17, 15) is 5.11 Å². The van der Waals surface area contributed by atoms with E-state index < -0.39 is 37.0 Å². The van der Waals surface area contributed by atoms with E-state index in [4.69, 9.17) is 23.7 Å². The molecular formula is C21H24O6. The van der Waals surface area contributed by atoms with Crippen LogP contribution in [-0.4, -0.2) is 49.5 Å². The second-order valence-corrected chi connectivity index (χ2v) is 6.71. The van der Waals surface area contributed by atoms with Crippen molar-refractivity contribution in [1.82, 2.24) is 0 Å². The maximum Gasteiger partial charge on any atom is 0.186 e. The van der Waals surface area contributed by atoms with E-state index in [-0.39, 0.29) is 0 Å². The summed E-state index contributed by atoms with van der Waals surface area (Å²) >= 11 is 0. The lowest BCUT2D eigenvalue weighted by Gasteiger charge is -2.47. The van der Waals surface area contributed by atoms with Crippen molar-refractivity contribution in [3.63, 3.8) is 0 Å². The lowest BCUT2D eigenvalue weighted by Crippen LogP contribution is -2.62. The highest BCUT2D eigenvalue weighted by atomic mass is 16.8. The predicted octanol–water partition coefficient (Wildman–Crippen LogP) is 2.42. The Kier molecular flexibility index (Phi) is 5.83. The minimum absolute atomic E-state index is 0.312. The zero-order valence-electron chi connectivity index (χ0n) is 15.1. The Morgan fingerprint density at radius 1 is 1.00 bits per heavy atom. The first kappa shape index (κ1) is 18.6. The van der Waals surface area contributed by atoms with Crippen LogP contribution in [0.3, 0.4) is 0 Å².